The molecule has 1 aromatic carbocycles. The number of benzene rings is 1. The van der Waals surface area contributed by atoms with Crippen molar-refractivity contribution in [2.75, 3.05) is 12.4 Å². The van der Waals surface area contributed by atoms with Gasteiger partial charge in [0, 0.05) is 18.8 Å². The van der Waals surface area contributed by atoms with Gasteiger partial charge in [-0.25, -0.2) is 4.39 Å². The first kappa shape index (κ1) is 16.7. The Labute approximate surface area is 133 Å². The molecule has 2 aromatic rings. The smallest absolute Gasteiger partial charge is 0.241 e. The van der Waals surface area contributed by atoms with E-state index < -0.39 is 11.2 Å². The lowest BCUT2D eigenvalue weighted by atomic mass is 9.83. The molecule has 7 heteroatoms. The van der Waals surface area contributed by atoms with Crippen LogP contribution in [0.5, 0.6) is 0 Å². The van der Waals surface area contributed by atoms with Gasteiger partial charge in [-0.05, 0) is 19.9 Å². The van der Waals surface area contributed by atoms with Crippen LogP contribution in [-0.4, -0.2) is 28.6 Å². The Bertz CT molecular complexity index is 724. The third kappa shape index (κ3) is 3.74. The summed E-state index contributed by atoms with van der Waals surface area (Å²) in [5, 5.41) is 9.18. The van der Waals surface area contributed by atoms with E-state index in [0.717, 1.165) is 0 Å². The molecule has 0 spiro atoms. The van der Waals surface area contributed by atoms with E-state index in [4.69, 9.17) is 0 Å². The maximum Gasteiger partial charge on any atom is 0.241 e. The monoisotopic (exact) mass is 318 g/mol. The largest absolute Gasteiger partial charge is 0.358 e. The minimum Gasteiger partial charge on any atom is -0.358 e. The highest BCUT2D eigenvalue weighted by Crippen LogP contribution is 2.27. The predicted octanol–water partition coefficient (Wildman–Crippen LogP) is 1.68. The fourth-order valence-electron chi connectivity index (χ4n) is 2.12. The molecule has 23 heavy (non-hydrogen) atoms. The molecule has 1 heterocycles. The zero-order chi connectivity index (χ0) is 17.0. The Morgan fingerprint density at radius 1 is 1.30 bits per heavy atom. The predicted molar refractivity (Wildman–Crippen MR) is 84.3 cm³/mol. The lowest BCUT2D eigenvalue weighted by Crippen LogP contribution is -2.35. The molecule has 0 unspecified atom stereocenters. The summed E-state index contributed by atoms with van der Waals surface area (Å²) in [7, 11) is 1.53. The van der Waals surface area contributed by atoms with Gasteiger partial charge in [0.05, 0.1) is 17.3 Å². The van der Waals surface area contributed by atoms with Crippen molar-refractivity contribution >= 4 is 17.5 Å². The normalized spacial score (nSPS) is 11.1. The van der Waals surface area contributed by atoms with Crippen LogP contribution >= 0.6 is 0 Å². The Balaban J connectivity index is 2.12. The van der Waals surface area contributed by atoms with E-state index >= 15 is 0 Å². The van der Waals surface area contributed by atoms with Gasteiger partial charge in [-0.2, -0.15) is 5.10 Å². The maximum atomic E-state index is 13.9. The van der Waals surface area contributed by atoms with Gasteiger partial charge in [0.1, 0.15) is 12.4 Å². The zero-order valence-electron chi connectivity index (χ0n) is 13.3. The molecule has 2 amide bonds. The number of halogens is 1. The highest BCUT2D eigenvalue weighted by atomic mass is 19.1. The fraction of sp³-hybridized carbons (Fsp3) is 0.312. The molecule has 2 N–H and O–H groups in total. The lowest BCUT2D eigenvalue weighted by molar-refractivity contribution is -0.121. The number of carbonyl (C=O) groups excluding carboxylic acids is 2. The Hall–Kier alpha value is -2.70. The summed E-state index contributed by atoms with van der Waals surface area (Å²) < 4.78 is 15.3. The van der Waals surface area contributed by atoms with Crippen molar-refractivity contribution in [2.45, 2.75) is 25.8 Å². The third-order valence-corrected chi connectivity index (χ3v) is 3.59. The van der Waals surface area contributed by atoms with E-state index in [-0.39, 0.29) is 18.4 Å². The molecular weight excluding hydrogens is 299 g/mol. The minimum atomic E-state index is -1.05. The van der Waals surface area contributed by atoms with Crippen molar-refractivity contribution < 1.29 is 14.0 Å². The van der Waals surface area contributed by atoms with Crippen LogP contribution < -0.4 is 10.6 Å². The molecule has 1 aromatic heterocycles. The van der Waals surface area contributed by atoms with E-state index in [2.05, 4.69) is 15.7 Å². The van der Waals surface area contributed by atoms with E-state index in [1.54, 1.807) is 38.2 Å². The van der Waals surface area contributed by atoms with Crippen LogP contribution in [0.1, 0.15) is 19.4 Å². The maximum absolute atomic E-state index is 13.9. The number of likely N-dealkylation sites (N-methyl/N-ethyl adjacent to an activating group) is 1. The Morgan fingerprint density at radius 2 is 2.00 bits per heavy atom. The van der Waals surface area contributed by atoms with Gasteiger partial charge in [0.2, 0.25) is 11.8 Å². The molecule has 0 aliphatic carbocycles. The molecule has 0 fully saturated rings. The van der Waals surface area contributed by atoms with E-state index in [0.29, 0.717) is 11.3 Å². The van der Waals surface area contributed by atoms with Gasteiger partial charge in [-0.3, -0.25) is 14.3 Å². The molecule has 0 atom stereocenters. The Morgan fingerprint density at radius 3 is 2.65 bits per heavy atom. The first-order valence-corrected chi connectivity index (χ1v) is 7.14. The van der Waals surface area contributed by atoms with Gasteiger partial charge in [-0.15, -0.1) is 0 Å². The first-order valence-electron chi connectivity index (χ1n) is 7.14. The van der Waals surface area contributed by atoms with Crippen LogP contribution in [0.4, 0.5) is 10.1 Å². The molecule has 0 radical (unpaired) electrons. The van der Waals surface area contributed by atoms with Crippen LogP contribution in [-0.2, 0) is 21.5 Å². The number of nitrogens with one attached hydrogen (secondary N) is 2. The number of hydrogen-bond donors (Lipinski definition) is 2. The molecule has 0 aliphatic rings. The van der Waals surface area contributed by atoms with Gasteiger partial charge in [-0.1, -0.05) is 18.2 Å². The van der Waals surface area contributed by atoms with Gasteiger partial charge in [0.25, 0.3) is 0 Å². The van der Waals surface area contributed by atoms with Crippen LogP contribution in [0.2, 0.25) is 0 Å². The van der Waals surface area contributed by atoms with Gasteiger partial charge < -0.3 is 10.6 Å². The van der Waals surface area contributed by atoms with Crippen molar-refractivity contribution in [3.63, 3.8) is 0 Å². The summed E-state index contributed by atoms with van der Waals surface area (Å²) >= 11 is 0. The summed E-state index contributed by atoms with van der Waals surface area (Å²) in [5.41, 5.74) is -0.285. The van der Waals surface area contributed by atoms with Gasteiger partial charge in [0.15, 0.2) is 0 Å². The summed E-state index contributed by atoms with van der Waals surface area (Å²) in [6.45, 7) is 3.36. The highest BCUT2D eigenvalue weighted by molar-refractivity contribution is 5.98. The average Bonchev–Trinajstić information content (AvgIpc) is 2.94. The summed E-state index contributed by atoms with van der Waals surface area (Å²) in [6.07, 6.45) is 2.99. The molecule has 0 saturated heterocycles. The van der Waals surface area contributed by atoms with Crippen LogP contribution in [0.15, 0.2) is 36.7 Å². The number of amides is 2. The molecule has 0 saturated carbocycles. The fourth-order valence-corrected chi connectivity index (χ4v) is 2.12. The second-order valence-corrected chi connectivity index (χ2v) is 5.66. The first-order chi connectivity index (χ1) is 10.8. The summed E-state index contributed by atoms with van der Waals surface area (Å²) in [4.78, 5) is 23.8. The molecule has 0 bridgehead atoms. The SMILES string of the molecule is CNC(=O)Cn1cc(NC(=O)C(C)(C)c2ccccc2F)cn1. The molecule has 0 aliphatic heterocycles. The highest BCUT2D eigenvalue weighted by Gasteiger charge is 2.32. The topological polar surface area (TPSA) is 76.0 Å². The number of nitrogens with zero attached hydrogens (tertiary/aromatic N) is 2. The lowest BCUT2D eigenvalue weighted by Gasteiger charge is -2.24. The van der Waals surface area contributed by atoms with Gasteiger partial charge >= 0.3 is 0 Å². The van der Waals surface area contributed by atoms with E-state index in [1.807, 2.05) is 0 Å². The van der Waals surface area contributed by atoms with Crippen LogP contribution in [0, 0.1) is 5.82 Å². The Kier molecular flexibility index (Phi) is 4.78. The number of anilines is 1. The van der Waals surface area contributed by atoms with E-state index in [1.165, 1.54) is 24.0 Å². The molecule has 2 rings (SSSR count). The number of hydrogen-bond acceptors (Lipinski definition) is 3. The van der Waals surface area contributed by atoms with Crippen molar-refractivity contribution in [3.05, 3.63) is 48.0 Å². The number of carbonyl (C=O) groups is 2. The van der Waals surface area contributed by atoms with Crippen LogP contribution in [0.3, 0.4) is 0 Å². The van der Waals surface area contributed by atoms with Crippen molar-refractivity contribution in [1.29, 1.82) is 0 Å². The molecule has 122 valence electrons. The number of aromatic nitrogens is 2. The molecule has 6 nitrogen and oxygen atoms in total. The second-order valence-electron chi connectivity index (χ2n) is 5.66. The standard InChI is InChI=1S/C16H19FN4O2/c1-16(2,12-6-4-5-7-13(12)17)15(23)20-11-8-19-21(9-11)10-14(22)18-3/h4-9H,10H2,1-3H3,(H,18,22)(H,20,23). The average molecular weight is 318 g/mol. The van der Waals surface area contributed by atoms with Crippen molar-refractivity contribution in [1.82, 2.24) is 15.1 Å². The minimum absolute atomic E-state index is 0.0586. The van der Waals surface area contributed by atoms with Crippen LogP contribution in [0.25, 0.3) is 0 Å². The zero-order valence-corrected chi connectivity index (χ0v) is 13.3. The summed E-state index contributed by atoms with van der Waals surface area (Å²) in [6, 6.07) is 6.18. The van der Waals surface area contributed by atoms with Crippen molar-refractivity contribution in [3.8, 4) is 0 Å². The molecular formula is C16H19FN4O2. The number of rotatable bonds is 5. The van der Waals surface area contributed by atoms with E-state index in [9.17, 15) is 14.0 Å². The second kappa shape index (κ2) is 6.60. The third-order valence-electron chi connectivity index (χ3n) is 3.59. The van der Waals surface area contributed by atoms with Crippen molar-refractivity contribution in [2.24, 2.45) is 0 Å². The quantitative estimate of drug-likeness (QED) is 0.881. The summed E-state index contributed by atoms with van der Waals surface area (Å²) in [5.74, 6) is -0.984.